The average Bonchev–Trinajstić information content (AvgIpc) is 2.36. The molecule has 1 amide bonds. The monoisotopic (exact) mass is 267 g/mol. The molecule has 1 aliphatic rings. The van der Waals surface area contributed by atoms with Crippen LogP contribution in [0.25, 0.3) is 0 Å². The fourth-order valence-electron chi connectivity index (χ4n) is 2.14. The number of carbonyl (C=O) groups excluding carboxylic acids is 1. The number of amides is 1. The van der Waals surface area contributed by atoms with Gasteiger partial charge in [0.25, 0.3) is 5.91 Å². The van der Waals surface area contributed by atoms with Gasteiger partial charge in [-0.2, -0.15) is 0 Å². The van der Waals surface area contributed by atoms with E-state index >= 15 is 0 Å². The van der Waals surface area contributed by atoms with Crippen LogP contribution in [0.5, 0.6) is 0 Å². The number of nitrogens with one attached hydrogen (secondary N) is 1. The molecule has 0 radical (unpaired) electrons. The highest BCUT2D eigenvalue weighted by molar-refractivity contribution is 5.94. The lowest BCUT2D eigenvalue weighted by Gasteiger charge is -2.32. The first-order valence-corrected chi connectivity index (χ1v) is 6.34. The second-order valence-electron chi connectivity index (χ2n) is 5.04. The van der Waals surface area contributed by atoms with Crippen molar-refractivity contribution < 1.29 is 19.0 Å². The second kappa shape index (κ2) is 5.67. The fraction of sp³-hybridized carbons (Fsp3) is 0.500. The summed E-state index contributed by atoms with van der Waals surface area (Å²) in [5.41, 5.74) is 0.0408. The van der Waals surface area contributed by atoms with Gasteiger partial charge in [-0.15, -0.1) is 0 Å². The van der Waals surface area contributed by atoms with Crippen LogP contribution < -0.4 is 5.32 Å². The van der Waals surface area contributed by atoms with Crippen molar-refractivity contribution in [1.82, 2.24) is 5.32 Å². The van der Waals surface area contributed by atoms with E-state index in [0.29, 0.717) is 31.6 Å². The number of hydrogen-bond donors (Lipinski definition) is 2. The lowest BCUT2D eigenvalue weighted by molar-refractivity contribution is -0.0605. The SMILES string of the molecule is Cc1cc(F)cc(C(=O)NCC2(O)CCOCC2)c1. The molecule has 0 saturated carbocycles. The third kappa shape index (κ3) is 3.75. The van der Waals surface area contributed by atoms with Gasteiger partial charge in [-0.05, 0) is 30.7 Å². The van der Waals surface area contributed by atoms with Gasteiger partial charge in [0.15, 0.2) is 0 Å². The Bertz CT molecular complexity index is 450. The van der Waals surface area contributed by atoms with Gasteiger partial charge in [0, 0.05) is 38.2 Å². The minimum atomic E-state index is -0.920. The molecule has 0 aromatic heterocycles. The van der Waals surface area contributed by atoms with Crippen LogP contribution in [0.1, 0.15) is 28.8 Å². The molecule has 1 heterocycles. The molecule has 1 saturated heterocycles. The maximum absolute atomic E-state index is 13.2. The number of hydrogen-bond acceptors (Lipinski definition) is 3. The van der Waals surface area contributed by atoms with Crippen LogP contribution in [0, 0.1) is 12.7 Å². The Morgan fingerprint density at radius 2 is 2.11 bits per heavy atom. The van der Waals surface area contributed by atoms with E-state index in [-0.39, 0.29) is 18.0 Å². The topological polar surface area (TPSA) is 58.6 Å². The first-order valence-electron chi connectivity index (χ1n) is 6.34. The summed E-state index contributed by atoms with van der Waals surface area (Å²) in [6.45, 7) is 2.87. The number of carbonyl (C=O) groups is 1. The molecular weight excluding hydrogens is 249 g/mol. The smallest absolute Gasteiger partial charge is 0.251 e. The van der Waals surface area contributed by atoms with E-state index in [0.717, 1.165) is 0 Å². The molecule has 19 heavy (non-hydrogen) atoms. The van der Waals surface area contributed by atoms with Gasteiger partial charge >= 0.3 is 0 Å². The van der Waals surface area contributed by atoms with Gasteiger partial charge < -0.3 is 15.2 Å². The predicted molar refractivity (Wildman–Crippen MR) is 68.5 cm³/mol. The molecule has 2 N–H and O–H groups in total. The quantitative estimate of drug-likeness (QED) is 0.870. The molecule has 1 aromatic carbocycles. The Balaban J connectivity index is 1.97. The zero-order valence-corrected chi connectivity index (χ0v) is 10.9. The highest BCUT2D eigenvalue weighted by Crippen LogP contribution is 2.19. The molecule has 0 bridgehead atoms. The molecule has 2 rings (SSSR count). The normalized spacial score (nSPS) is 18.1. The van der Waals surface area contributed by atoms with Gasteiger partial charge in [0.05, 0.1) is 5.60 Å². The molecule has 1 fully saturated rings. The van der Waals surface area contributed by atoms with Crippen LogP contribution >= 0.6 is 0 Å². The van der Waals surface area contributed by atoms with Crippen LogP contribution in [-0.2, 0) is 4.74 Å². The van der Waals surface area contributed by atoms with Crippen LogP contribution in [0.2, 0.25) is 0 Å². The first kappa shape index (κ1) is 14.0. The summed E-state index contributed by atoms with van der Waals surface area (Å²) in [7, 11) is 0. The number of ether oxygens (including phenoxy) is 1. The molecule has 104 valence electrons. The largest absolute Gasteiger partial charge is 0.388 e. The average molecular weight is 267 g/mol. The summed E-state index contributed by atoms with van der Waals surface area (Å²) in [5, 5.41) is 12.9. The predicted octanol–water partition coefficient (Wildman–Crippen LogP) is 1.41. The molecule has 5 heteroatoms. The van der Waals surface area contributed by atoms with E-state index in [9.17, 15) is 14.3 Å². The Morgan fingerprint density at radius 1 is 1.42 bits per heavy atom. The second-order valence-corrected chi connectivity index (χ2v) is 5.04. The minimum Gasteiger partial charge on any atom is -0.388 e. The lowest BCUT2D eigenvalue weighted by atomic mass is 9.94. The van der Waals surface area contributed by atoms with E-state index < -0.39 is 11.4 Å². The number of rotatable bonds is 3. The van der Waals surface area contributed by atoms with Gasteiger partial charge in [-0.1, -0.05) is 0 Å². The first-order chi connectivity index (χ1) is 8.98. The molecular formula is C14H18FNO3. The zero-order valence-electron chi connectivity index (χ0n) is 10.9. The van der Waals surface area contributed by atoms with Crippen molar-refractivity contribution in [3.8, 4) is 0 Å². The summed E-state index contributed by atoms with van der Waals surface area (Å²) in [6.07, 6.45) is 0.991. The van der Waals surface area contributed by atoms with Crippen molar-refractivity contribution in [2.75, 3.05) is 19.8 Å². The molecule has 4 nitrogen and oxygen atoms in total. The van der Waals surface area contributed by atoms with Gasteiger partial charge in [-0.3, -0.25) is 4.79 Å². The zero-order chi connectivity index (χ0) is 13.9. The number of halogens is 1. The summed E-state index contributed by atoms with van der Waals surface area (Å²) in [4.78, 5) is 11.9. The number of aryl methyl sites for hydroxylation is 1. The van der Waals surface area contributed by atoms with Crippen molar-refractivity contribution in [1.29, 1.82) is 0 Å². The number of benzene rings is 1. The molecule has 0 unspecified atom stereocenters. The highest BCUT2D eigenvalue weighted by atomic mass is 19.1. The van der Waals surface area contributed by atoms with Crippen molar-refractivity contribution in [3.63, 3.8) is 0 Å². The summed E-state index contributed by atoms with van der Waals surface area (Å²) >= 11 is 0. The summed E-state index contributed by atoms with van der Waals surface area (Å²) in [6, 6.07) is 4.17. The van der Waals surface area contributed by atoms with Gasteiger partial charge in [0.1, 0.15) is 5.82 Å². The van der Waals surface area contributed by atoms with E-state index in [1.807, 2.05) is 0 Å². The molecule has 0 spiro atoms. The lowest BCUT2D eigenvalue weighted by Crippen LogP contribution is -2.46. The van der Waals surface area contributed by atoms with Crippen molar-refractivity contribution >= 4 is 5.91 Å². The van der Waals surface area contributed by atoms with Crippen LogP contribution in [0.3, 0.4) is 0 Å². The molecule has 1 aliphatic heterocycles. The Hall–Kier alpha value is -1.46. The third-order valence-electron chi connectivity index (χ3n) is 3.31. The van der Waals surface area contributed by atoms with Crippen LogP contribution in [0.4, 0.5) is 4.39 Å². The summed E-state index contributed by atoms with van der Waals surface area (Å²) in [5.74, 6) is -0.808. The molecule has 0 aliphatic carbocycles. The van der Waals surface area contributed by atoms with E-state index in [1.165, 1.54) is 12.1 Å². The summed E-state index contributed by atoms with van der Waals surface area (Å²) < 4.78 is 18.4. The van der Waals surface area contributed by atoms with Gasteiger partial charge in [-0.25, -0.2) is 4.39 Å². The van der Waals surface area contributed by atoms with Gasteiger partial charge in [0.2, 0.25) is 0 Å². The maximum atomic E-state index is 13.2. The van der Waals surface area contributed by atoms with E-state index in [1.54, 1.807) is 13.0 Å². The Labute approximate surface area is 111 Å². The molecule has 1 aromatic rings. The standard InChI is InChI=1S/C14H18FNO3/c1-10-6-11(8-12(15)7-10)13(17)16-9-14(18)2-4-19-5-3-14/h6-8,18H,2-5,9H2,1H3,(H,16,17). The third-order valence-corrected chi connectivity index (χ3v) is 3.31. The van der Waals surface area contributed by atoms with E-state index in [4.69, 9.17) is 4.74 Å². The van der Waals surface area contributed by atoms with Crippen molar-refractivity contribution in [2.24, 2.45) is 0 Å². The molecule has 0 atom stereocenters. The van der Waals surface area contributed by atoms with Crippen LogP contribution in [0.15, 0.2) is 18.2 Å². The van der Waals surface area contributed by atoms with E-state index in [2.05, 4.69) is 5.32 Å². The Morgan fingerprint density at radius 3 is 2.74 bits per heavy atom. The Kier molecular flexibility index (Phi) is 4.17. The maximum Gasteiger partial charge on any atom is 0.251 e. The fourth-order valence-corrected chi connectivity index (χ4v) is 2.14. The van der Waals surface area contributed by atoms with Crippen LogP contribution in [-0.4, -0.2) is 36.4 Å². The van der Waals surface area contributed by atoms with Crippen molar-refractivity contribution in [3.05, 3.63) is 35.1 Å². The highest BCUT2D eigenvalue weighted by Gasteiger charge is 2.30. The minimum absolute atomic E-state index is 0.157. The van der Waals surface area contributed by atoms with Crippen molar-refractivity contribution in [2.45, 2.75) is 25.4 Å². The number of aliphatic hydroxyl groups is 1.